The summed E-state index contributed by atoms with van der Waals surface area (Å²) in [6, 6.07) is 0. The number of hydrogen-bond donors (Lipinski definition) is 1. The molecule has 0 rings (SSSR count). The first-order valence-corrected chi connectivity index (χ1v) is 3.74. The molecule has 0 saturated heterocycles. The lowest BCUT2D eigenvalue weighted by atomic mass is 10.5. The zero-order valence-electron chi connectivity index (χ0n) is 6.13. The van der Waals surface area contributed by atoms with Crippen LogP contribution < -0.4 is 5.73 Å². The first kappa shape index (κ1) is 9.43. The third-order valence-corrected chi connectivity index (χ3v) is 0.934. The highest BCUT2D eigenvalue weighted by molar-refractivity contribution is 9.11. The second-order valence-corrected chi connectivity index (χ2v) is 3.02. The van der Waals surface area contributed by atoms with E-state index in [1.807, 2.05) is 19.9 Å². The van der Waals surface area contributed by atoms with Crippen LogP contribution in [0.4, 0.5) is 0 Å². The lowest BCUT2D eigenvalue weighted by Crippen LogP contribution is -2.05. The van der Waals surface area contributed by atoms with E-state index >= 15 is 0 Å². The molecular weight excluding hydrogens is 192 g/mol. The van der Waals surface area contributed by atoms with Gasteiger partial charge >= 0.3 is 0 Å². The third-order valence-electron chi connectivity index (χ3n) is 0.729. The average Bonchev–Trinajstić information content (AvgIpc) is 1.85. The van der Waals surface area contributed by atoms with Crippen molar-refractivity contribution in [3.8, 4) is 0 Å². The number of halogens is 1. The average molecular weight is 203 g/mol. The molecule has 0 aliphatic carbocycles. The fraction of sp³-hybridized carbons (Fsp3) is 0.286. The second-order valence-electron chi connectivity index (χ2n) is 1.77. The first-order chi connectivity index (χ1) is 4.66. The molecule has 0 saturated carbocycles. The molecule has 3 heteroatoms. The molecule has 0 fully saturated rings. The lowest BCUT2D eigenvalue weighted by Gasteiger charge is -1.86. The van der Waals surface area contributed by atoms with Gasteiger partial charge in [-0.15, -0.1) is 0 Å². The standard InChI is InChI=1S/C7H11BrN2/c1-3-4-7(9)10-5-6(2)8/h3-5H,1-2H3,(H2,9,10)/b4-3-,6-5+. The van der Waals surface area contributed by atoms with Gasteiger partial charge in [-0.3, -0.25) is 0 Å². The molecule has 0 atom stereocenters. The quantitative estimate of drug-likeness (QED) is 0.542. The molecule has 0 aliphatic rings. The van der Waals surface area contributed by atoms with E-state index in [1.54, 1.807) is 12.3 Å². The van der Waals surface area contributed by atoms with Crippen LogP contribution in [0.5, 0.6) is 0 Å². The Balaban J connectivity index is 4.05. The maximum absolute atomic E-state index is 5.43. The smallest absolute Gasteiger partial charge is 0.122 e. The Morgan fingerprint density at radius 2 is 2.20 bits per heavy atom. The molecular formula is C7H11BrN2. The summed E-state index contributed by atoms with van der Waals surface area (Å²) in [6.45, 7) is 3.79. The number of rotatable bonds is 2. The van der Waals surface area contributed by atoms with Crippen LogP contribution in [0.15, 0.2) is 27.8 Å². The van der Waals surface area contributed by atoms with E-state index in [2.05, 4.69) is 20.9 Å². The van der Waals surface area contributed by atoms with E-state index in [9.17, 15) is 0 Å². The molecule has 0 aliphatic heterocycles. The van der Waals surface area contributed by atoms with Crippen LogP contribution in [0.3, 0.4) is 0 Å². The molecule has 2 N–H and O–H groups in total. The summed E-state index contributed by atoms with van der Waals surface area (Å²) >= 11 is 3.23. The van der Waals surface area contributed by atoms with Crippen molar-refractivity contribution in [2.45, 2.75) is 13.8 Å². The van der Waals surface area contributed by atoms with Gasteiger partial charge < -0.3 is 5.73 Å². The second kappa shape index (κ2) is 5.23. The van der Waals surface area contributed by atoms with Gasteiger partial charge in [-0.25, -0.2) is 4.99 Å². The molecule has 0 bridgehead atoms. The molecule has 10 heavy (non-hydrogen) atoms. The molecule has 0 aromatic rings. The van der Waals surface area contributed by atoms with Crippen molar-refractivity contribution in [1.82, 2.24) is 0 Å². The van der Waals surface area contributed by atoms with Gasteiger partial charge in [0.2, 0.25) is 0 Å². The van der Waals surface area contributed by atoms with Gasteiger partial charge in [-0.2, -0.15) is 0 Å². The molecule has 0 amide bonds. The summed E-state index contributed by atoms with van der Waals surface area (Å²) in [7, 11) is 0. The van der Waals surface area contributed by atoms with Crippen molar-refractivity contribution < 1.29 is 0 Å². The SMILES string of the molecule is C\C=C/C(N)=N\C=C(/C)Br. The predicted molar refractivity (Wildman–Crippen MR) is 49.1 cm³/mol. The van der Waals surface area contributed by atoms with E-state index in [0.29, 0.717) is 5.84 Å². The minimum atomic E-state index is 0.515. The Hall–Kier alpha value is -0.570. The van der Waals surface area contributed by atoms with E-state index in [-0.39, 0.29) is 0 Å². The zero-order chi connectivity index (χ0) is 7.98. The number of hydrogen-bond acceptors (Lipinski definition) is 1. The summed E-state index contributed by atoms with van der Waals surface area (Å²) < 4.78 is 0.958. The van der Waals surface area contributed by atoms with Crippen LogP contribution in [0, 0.1) is 0 Å². The highest BCUT2D eigenvalue weighted by Gasteiger charge is 1.79. The van der Waals surface area contributed by atoms with Gasteiger partial charge in [0, 0.05) is 10.7 Å². The number of amidine groups is 1. The third kappa shape index (κ3) is 5.56. The van der Waals surface area contributed by atoms with E-state index in [1.165, 1.54) is 0 Å². The summed E-state index contributed by atoms with van der Waals surface area (Å²) in [5, 5.41) is 0. The summed E-state index contributed by atoms with van der Waals surface area (Å²) in [5.74, 6) is 0.515. The molecule has 2 nitrogen and oxygen atoms in total. The molecule has 0 radical (unpaired) electrons. The van der Waals surface area contributed by atoms with Crippen molar-refractivity contribution in [2.75, 3.05) is 0 Å². The Morgan fingerprint density at radius 3 is 2.60 bits per heavy atom. The van der Waals surface area contributed by atoms with Gasteiger partial charge in [-0.05, 0) is 19.9 Å². The topological polar surface area (TPSA) is 38.4 Å². The zero-order valence-corrected chi connectivity index (χ0v) is 7.72. The molecule has 0 aromatic heterocycles. The summed E-state index contributed by atoms with van der Waals surface area (Å²) in [5.41, 5.74) is 5.43. The van der Waals surface area contributed by atoms with Gasteiger partial charge in [0.05, 0.1) is 0 Å². The molecule has 56 valence electrons. The Kier molecular flexibility index (Phi) is 4.94. The molecule has 0 heterocycles. The van der Waals surface area contributed by atoms with E-state index in [0.717, 1.165) is 4.48 Å². The predicted octanol–water partition coefficient (Wildman–Crippen LogP) is 2.18. The van der Waals surface area contributed by atoms with Crippen LogP contribution in [-0.4, -0.2) is 5.84 Å². The van der Waals surface area contributed by atoms with Gasteiger partial charge in [-0.1, -0.05) is 22.0 Å². The highest BCUT2D eigenvalue weighted by Crippen LogP contribution is 2.00. The van der Waals surface area contributed by atoms with E-state index in [4.69, 9.17) is 5.73 Å². The van der Waals surface area contributed by atoms with Crippen molar-refractivity contribution in [3.63, 3.8) is 0 Å². The van der Waals surface area contributed by atoms with Crippen LogP contribution in [0.25, 0.3) is 0 Å². The summed E-state index contributed by atoms with van der Waals surface area (Å²) in [6.07, 6.45) is 5.25. The molecule has 0 aromatic carbocycles. The Morgan fingerprint density at radius 1 is 1.60 bits per heavy atom. The first-order valence-electron chi connectivity index (χ1n) is 2.95. The largest absolute Gasteiger partial charge is 0.384 e. The number of allylic oxidation sites excluding steroid dienone is 2. The van der Waals surface area contributed by atoms with Crippen LogP contribution in [0.1, 0.15) is 13.8 Å². The molecule has 0 spiro atoms. The van der Waals surface area contributed by atoms with Crippen molar-refractivity contribution >= 4 is 21.8 Å². The Labute approximate surface area is 69.7 Å². The van der Waals surface area contributed by atoms with Crippen molar-refractivity contribution in [1.29, 1.82) is 0 Å². The Bertz CT molecular complexity index is 176. The minimum absolute atomic E-state index is 0.515. The van der Waals surface area contributed by atoms with Crippen molar-refractivity contribution in [3.05, 3.63) is 22.8 Å². The normalized spacial score (nSPS) is 14.7. The van der Waals surface area contributed by atoms with Crippen molar-refractivity contribution in [2.24, 2.45) is 10.7 Å². The van der Waals surface area contributed by atoms with Gasteiger partial charge in [0.15, 0.2) is 0 Å². The fourth-order valence-corrected chi connectivity index (χ4v) is 0.480. The maximum atomic E-state index is 5.43. The number of aliphatic imine (C=N–C) groups is 1. The summed E-state index contributed by atoms with van der Waals surface area (Å²) in [4.78, 5) is 3.91. The van der Waals surface area contributed by atoms with Gasteiger partial charge in [0.1, 0.15) is 5.84 Å². The van der Waals surface area contributed by atoms with Crippen LogP contribution >= 0.6 is 15.9 Å². The number of nitrogens with zero attached hydrogens (tertiary/aromatic N) is 1. The lowest BCUT2D eigenvalue weighted by molar-refractivity contribution is 1.47. The molecule has 0 unspecified atom stereocenters. The van der Waals surface area contributed by atoms with Crippen LogP contribution in [0.2, 0.25) is 0 Å². The van der Waals surface area contributed by atoms with E-state index < -0.39 is 0 Å². The minimum Gasteiger partial charge on any atom is -0.384 e. The van der Waals surface area contributed by atoms with Gasteiger partial charge in [0.25, 0.3) is 0 Å². The van der Waals surface area contributed by atoms with Crippen LogP contribution in [-0.2, 0) is 0 Å². The highest BCUT2D eigenvalue weighted by atomic mass is 79.9. The number of nitrogens with two attached hydrogens (primary N) is 1. The monoisotopic (exact) mass is 202 g/mol. The maximum Gasteiger partial charge on any atom is 0.122 e. The fourth-order valence-electron chi connectivity index (χ4n) is 0.377.